The molecule has 19 heavy (non-hydrogen) atoms. The van der Waals surface area contributed by atoms with E-state index in [1.54, 1.807) is 12.1 Å². The Hall–Kier alpha value is -1.06. The minimum atomic E-state index is -0.184. The van der Waals surface area contributed by atoms with Crippen molar-refractivity contribution in [3.63, 3.8) is 0 Å². The highest BCUT2D eigenvalue weighted by Gasteiger charge is 2.10. The Morgan fingerprint density at radius 3 is 2.58 bits per heavy atom. The number of halogens is 3. The average Bonchev–Trinajstić information content (AvgIpc) is 2.41. The van der Waals surface area contributed by atoms with Crippen molar-refractivity contribution in [2.45, 2.75) is 12.4 Å². The lowest BCUT2D eigenvalue weighted by Crippen LogP contribution is -2.18. The van der Waals surface area contributed by atoms with Gasteiger partial charge in [-0.05, 0) is 23.8 Å². The molecule has 0 radical (unpaired) electrons. The van der Waals surface area contributed by atoms with Gasteiger partial charge in [-0.15, -0.1) is 11.6 Å². The van der Waals surface area contributed by atoms with Crippen molar-refractivity contribution in [2.24, 2.45) is 0 Å². The molecule has 0 atom stereocenters. The Bertz CT molecular complexity index is 574. The van der Waals surface area contributed by atoms with Crippen LogP contribution in [0.25, 0.3) is 0 Å². The van der Waals surface area contributed by atoms with Gasteiger partial charge in [-0.2, -0.15) is 0 Å². The third-order valence-corrected chi connectivity index (χ3v) is 3.75. The molecule has 0 aromatic heterocycles. The highest BCUT2D eigenvalue weighted by atomic mass is 79.9. The molecule has 4 heteroatoms. The zero-order valence-corrected chi connectivity index (χ0v) is 12.9. The molecule has 2 aromatic carbocycles. The van der Waals surface area contributed by atoms with Crippen LogP contribution in [0, 0.1) is 5.82 Å². The van der Waals surface area contributed by atoms with Crippen molar-refractivity contribution in [3.05, 3.63) is 63.9 Å². The molecule has 100 valence electrons. The van der Waals surface area contributed by atoms with Gasteiger partial charge in [-0.25, -0.2) is 4.39 Å². The van der Waals surface area contributed by atoms with Gasteiger partial charge in [0.25, 0.3) is 0 Å². The van der Waals surface area contributed by atoms with Crippen LogP contribution in [0.2, 0.25) is 0 Å². The number of hydrogen-bond donors (Lipinski definition) is 0. The molecule has 0 fully saturated rings. The van der Waals surface area contributed by atoms with E-state index in [1.807, 2.05) is 36.2 Å². The maximum atomic E-state index is 13.7. The third kappa shape index (κ3) is 3.48. The normalized spacial score (nSPS) is 10.5. The predicted molar refractivity (Wildman–Crippen MR) is 82.2 cm³/mol. The Morgan fingerprint density at radius 2 is 1.89 bits per heavy atom. The minimum Gasteiger partial charge on any atom is -0.370 e. The molecule has 0 unspecified atom stereocenters. The minimum absolute atomic E-state index is 0.184. The second kappa shape index (κ2) is 6.40. The summed E-state index contributed by atoms with van der Waals surface area (Å²) in [6.45, 7) is 0.507. The van der Waals surface area contributed by atoms with E-state index in [4.69, 9.17) is 11.6 Å². The Labute approximate surface area is 126 Å². The van der Waals surface area contributed by atoms with Crippen molar-refractivity contribution < 1.29 is 4.39 Å². The summed E-state index contributed by atoms with van der Waals surface area (Å²) in [4.78, 5) is 2.00. The Morgan fingerprint density at radius 1 is 1.16 bits per heavy atom. The third-order valence-electron chi connectivity index (χ3n) is 2.97. The molecule has 2 rings (SSSR count). The molecule has 0 saturated carbocycles. The fourth-order valence-corrected chi connectivity index (χ4v) is 2.55. The van der Waals surface area contributed by atoms with E-state index in [9.17, 15) is 4.39 Å². The number of rotatable bonds is 4. The van der Waals surface area contributed by atoms with Crippen LogP contribution in [0.15, 0.2) is 46.9 Å². The number of hydrogen-bond acceptors (Lipinski definition) is 1. The van der Waals surface area contributed by atoms with Crippen LogP contribution in [-0.4, -0.2) is 7.05 Å². The molecule has 0 aliphatic heterocycles. The van der Waals surface area contributed by atoms with Gasteiger partial charge in [0.15, 0.2) is 0 Å². The van der Waals surface area contributed by atoms with Gasteiger partial charge in [0.05, 0.1) is 0 Å². The SMILES string of the molecule is CN(Cc1ccccc1F)c1cc(Br)ccc1CCl. The van der Waals surface area contributed by atoms with Crippen LogP contribution >= 0.6 is 27.5 Å². The quantitative estimate of drug-likeness (QED) is 0.710. The van der Waals surface area contributed by atoms with Gasteiger partial charge >= 0.3 is 0 Å². The summed E-state index contributed by atoms with van der Waals surface area (Å²) in [6.07, 6.45) is 0. The molecule has 0 amide bonds. The first-order valence-electron chi connectivity index (χ1n) is 5.90. The topological polar surface area (TPSA) is 3.24 Å². The van der Waals surface area contributed by atoms with Gasteiger partial charge in [-0.3, -0.25) is 0 Å². The summed E-state index contributed by atoms with van der Waals surface area (Å²) < 4.78 is 14.6. The van der Waals surface area contributed by atoms with E-state index in [1.165, 1.54) is 6.07 Å². The molecule has 0 heterocycles. The van der Waals surface area contributed by atoms with Crippen LogP contribution in [0.1, 0.15) is 11.1 Å². The number of benzene rings is 2. The van der Waals surface area contributed by atoms with Crippen LogP contribution in [0.5, 0.6) is 0 Å². The van der Waals surface area contributed by atoms with Crippen molar-refractivity contribution in [1.82, 2.24) is 0 Å². The van der Waals surface area contributed by atoms with E-state index in [0.717, 1.165) is 15.7 Å². The highest BCUT2D eigenvalue weighted by molar-refractivity contribution is 9.10. The summed E-state index contributed by atoms with van der Waals surface area (Å²) in [5.74, 6) is 0.251. The summed E-state index contributed by atoms with van der Waals surface area (Å²) >= 11 is 9.40. The standard InChI is InChI=1S/C15H14BrClFN/c1-19(10-12-4-2-3-5-14(12)18)15-8-13(16)7-6-11(15)9-17/h2-8H,9-10H2,1H3. The van der Waals surface area contributed by atoms with E-state index in [2.05, 4.69) is 15.9 Å². The van der Waals surface area contributed by atoms with Crippen molar-refractivity contribution in [3.8, 4) is 0 Å². The number of nitrogens with zero attached hydrogens (tertiary/aromatic N) is 1. The van der Waals surface area contributed by atoms with Gasteiger partial charge in [0.1, 0.15) is 5.82 Å². The smallest absolute Gasteiger partial charge is 0.128 e. The van der Waals surface area contributed by atoms with Crippen molar-refractivity contribution >= 4 is 33.2 Å². The number of anilines is 1. The van der Waals surface area contributed by atoms with Crippen LogP contribution in [0.4, 0.5) is 10.1 Å². The van der Waals surface area contributed by atoms with Crippen LogP contribution < -0.4 is 4.90 Å². The number of alkyl halides is 1. The zero-order chi connectivity index (χ0) is 13.8. The fourth-order valence-electron chi connectivity index (χ4n) is 1.97. The summed E-state index contributed by atoms with van der Waals surface area (Å²) in [5.41, 5.74) is 2.71. The van der Waals surface area contributed by atoms with E-state index in [0.29, 0.717) is 18.0 Å². The lowest BCUT2D eigenvalue weighted by molar-refractivity contribution is 0.608. The first-order valence-corrected chi connectivity index (χ1v) is 7.23. The molecular formula is C15H14BrClFN. The lowest BCUT2D eigenvalue weighted by Gasteiger charge is -2.22. The molecule has 2 aromatic rings. The van der Waals surface area contributed by atoms with Gasteiger partial charge in [0.2, 0.25) is 0 Å². The van der Waals surface area contributed by atoms with Gasteiger partial charge < -0.3 is 4.90 Å². The van der Waals surface area contributed by atoms with E-state index >= 15 is 0 Å². The molecular weight excluding hydrogens is 329 g/mol. The molecule has 0 aliphatic carbocycles. The molecule has 0 bridgehead atoms. The monoisotopic (exact) mass is 341 g/mol. The van der Waals surface area contributed by atoms with E-state index in [-0.39, 0.29) is 5.82 Å². The second-order valence-corrected chi connectivity index (χ2v) is 5.54. The molecule has 0 aliphatic rings. The molecule has 1 nitrogen and oxygen atoms in total. The average molecular weight is 343 g/mol. The molecule has 0 saturated heterocycles. The predicted octanol–water partition coefficient (Wildman–Crippen LogP) is 4.96. The summed E-state index contributed by atoms with van der Waals surface area (Å²) in [7, 11) is 1.93. The molecule has 0 spiro atoms. The Balaban J connectivity index is 2.27. The van der Waals surface area contributed by atoms with Gasteiger partial charge in [0, 0.05) is 35.2 Å². The van der Waals surface area contributed by atoms with E-state index < -0.39 is 0 Å². The lowest BCUT2D eigenvalue weighted by atomic mass is 10.1. The molecule has 0 N–H and O–H groups in total. The van der Waals surface area contributed by atoms with Gasteiger partial charge in [-0.1, -0.05) is 40.2 Å². The first kappa shape index (κ1) is 14.4. The zero-order valence-electron chi connectivity index (χ0n) is 10.5. The first-order chi connectivity index (χ1) is 9.11. The maximum absolute atomic E-state index is 13.7. The van der Waals surface area contributed by atoms with Crippen molar-refractivity contribution in [2.75, 3.05) is 11.9 Å². The van der Waals surface area contributed by atoms with Crippen LogP contribution in [0.3, 0.4) is 0 Å². The van der Waals surface area contributed by atoms with Crippen molar-refractivity contribution in [1.29, 1.82) is 0 Å². The van der Waals surface area contributed by atoms with Crippen LogP contribution in [-0.2, 0) is 12.4 Å². The highest BCUT2D eigenvalue weighted by Crippen LogP contribution is 2.27. The second-order valence-electron chi connectivity index (χ2n) is 4.35. The largest absolute Gasteiger partial charge is 0.370 e. The maximum Gasteiger partial charge on any atom is 0.128 e. The summed E-state index contributed by atoms with van der Waals surface area (Å²) in [5, 5.41) is 0. The Kier molecular flexibility index (Phi) is 4.83. The summed E-state index contributed by atoms with van der Waals surface area (Å²) in [6, 6.07) is 12.7. The fraction of sp³-hybridized carbons (Fsp3) is 0.200.